The first-order valence-corrected chi connectivity index (χ1v) is 23.6. The Bertz CT molecular complexity index is 4180. The van der Waals surface area contributed by atoms with Gasteiger partial charge in [0.25, 0.3) is 0 Å². The Kier molecular flexibility index (Phi) is 8.02. The topological polar surface area (TPSA) is 21.3 Å². The molecule has 0 bridgehead atoms. The summed E-state index contributed by atoms with van der Waals surface area (Å²) in [5.41, 5.74) is 13.1. The van der Waals surface area contributed by atoms with E-state index < -0.39 is 0 Å². The average Bonchev–Trinajstić information content (AvgIpc) is 4.12. The number of aromatic nitrogens is 1. The second kappa shape index (κ2) is 14.3. The first kappa shape index (κ1) is 36.5. The smallest absolute Gasteiger partial charge is 0.138 e. The summed E-state index contributed by atoms with van der Waals surface area (Å²) in [6.45, 7) is 0. The number of hydrogen-bond donors (Lipinski definition) is 0. The van der Waals surface area contributed by atoms with Crippen LogP contribution in [0.1, 0.15) is 0 Å². The van der Waals surface area contributed by atoms with Crippen molar-refractivity contribution in [3.8, 4) is 27.9 Å². The van der Waals surface area contributed by atoms with Gasteiger partial charge in [-0.15, -0.1) is 22.7 Å². The standard InChI is InChI=1S/C60H36N2OS2/c1-3-13-37(14-4-1)58-59-46-30-23-39(38-24-31-56-48(33-38)44-17-8-11-21-54(44)64-56)34-50(46)62(51(59)36-53-60(58)47-19-7-10-20-52(47)63-53)42-27-25-41(26-28-42)61(40-15-5-2-6-16-40)43-29-32-57-49(35-43)45-18-9-12-22-55(45)65-57/h1-36H. The highest BCUT2D eigenvalue weighted by Crippen LogP contribution is 2.48. The zero-order chi connectivity index (χ0) is 42.6. The Labute approximate surface area is 381 Å². The maximum absolute atomic E-state index is 6.75. The van der Waals surface area contributed by atoms with Crippen molar-refractivity contribution >= 4 is 124 Å². The molecule has 0 aliphatic rings. The van der Waals surface area contributed by atoms with E-state index in [1.807, 2.05) is 22.7 Å². The van der Waals surface area contributed by atoms with Crippen molar-refractivity contribution in [2.75, 3.05) is 4.90 Å². The zero-order valence-electron chi connectivity index (χ0n) is 34.9. The number of nitrogens with zero attached hydrogens (tertiary/aromatic N) is 2. The summed E-state index contributed by atoms with van der Waals surface area (Å²) in [6.07, 6.45) is 0. The van der Waals surface area contributed by atoms with Crippen molar-refractivity contribution in [1.82, 2.24) is 4.57 Å². The molecule has 14 aromatic rings. The second-order valence-corrected chi connectivity index (χ2v) is 19.0. The molecule has 304 valence electrons. The van der Waals surface area contributed by atoms with Gasteiger partial charge in [-0.3, -0.25) is 0 Å². The summed E-state index contributed by atoms with van der Waals surface area (Å²) in [7, 11) is 0. The van der Waals surface area contributed by atoms with Crippen molar-refractivity contribution in [3.05, 3.63) is 218 Å². The van der Waals surface area contributed by atoms with Crippen LogP contribution in [0.2, 0.25) is 0 Å². The molecule has 0 atom stereocenters. The molecule has 10 aromatic carbocycles. The second-order valence-electron chi connectivity index (χ2n) is 16.8. The minimum Gasteiger partial charge on any atom is -0.456 e. The van der Waals surface area contributed by atoms with Gasteiger partial charge < -0.3 is 13.9 Å². The van der Waals surface area contributed by atoms with Gasteiger partial charge in [-0.25, -0.2) is 0 Å². The highest BCUT2D eigenvalue weighted by Gasteiger charge is 2.24. The monoisotopic (exact) mass is 864 g/mol. The Morgan fingerprint density at radius 1 is 0.338 bits per heavy atom. The molecule has 0 saturated carbocycles. The third kappa shape index (κ3) is 5.66. The third-order valence-electron chi connectivity index (χ3n) is 13.2. The quantitative estimate of drug-likeness (QED) is 0.166. The molecule has 0 aliphatic heterocycles. The van der Waals surface area contributed by atoms with E-state index in [0.717, 1.165) is 61.3 Å². The van der Waals surface area contributed by atoms with E-state index in [1.165, 1.54) is 67.8 Å². The van der Waals surface area contributed by atoms with E-state index in [9.17, 15) is 0 Å². The predicted octanol–water partition coefficient (Wildman–Crippen LogP) is 18.2. The lowest BCUT2D eigenvalue weighted by molar-refractivity contribution is 0.669. The molecule has 0 saturated heterocycles. The van der Waals surface area contributed by atoms with Crippen molar-refractivity contribution < 1.29 is 4.42 Å². The molecule has 0 radical (unpaired) electrons. The average molecular weight is 865 g/mol. The number of benzene rings is 10. The molecule has 14 rings (SSSR count). The Morgan fingerprint density at radius 2 is 0.908 bits per heavy atom. The highest BCUT2D eigenvalue weighted by molar-refractivity contribution is 7.26. The molecule has 0 aliphatic carbocycles. The van der Waals surface area contributed by atoms with Gasteiger partial charge in [0, 0.05) is 96.3 Å². The van der Waals surface area contributed by atoms with Crippen LogP contribution in [0.3, 0.4) is 0 Å². The summed E-state index contributed by atoms with van der Waals surface area (Å²) in [5.74, 6) is 0. The SMILES string of the molecule is c1ccc(-c2c3c(cc4c2c2ccc(-c5ccc6sc7ccccc7c6c5)cc2n4-c2ccc(N(c4ccccc4)c4ccc5sc6ccccc6c5c4)cc2)oc2ccccc23)cc1. The van der Waals surface area contributed by atoms with Gasteiger partial charge in [-0.2, -0.15) is 0 Å². The van der Waals surface area contributed by atoms with Gasteiger partial charge >= 0.3 is 0 Å². The maximum Gasteiger partial charge on any atom is 0.138 e. The molecule has 0 N–H and O–H groups in total. The summed E-state index contributed by atoms with van der Waals surface area (Å²) >= 11 is 3.71. The largest absolute Gasteiger partial charge is 0.456 e. The van der Waals surface area contributed by atoms with Crippen LogP contribution in [-0.4, -0.2) is 4.57 Å². The van der Waals surface area contributed by atoms with Crippen LogP contribution in [0.15, 0.2) is 223 Å². The molecule has 0 fully saturated rings. The van der Waals surface area contributed by atoms with Gasteiger partial charge in [0.1, 0.15) is 11.2 Å². The fourth-order valence-corrected chi connectivity index (χ4v) is 12.4. The Balaban J connectivity index is 1.01. The van der Waals surface area contributed by atoms with Crippen LogP contribution in [0.4, 0.5) is 17.1 Å². The molecular formula is C60H36N2OS2. The van der Waals surface area contributed by atoms with Gasteiger partial charge in [0.05, 0.1) is 11.0 Å². The minimum absolute atomic E-state index is 0.875. The van der Waals surface area contributed by atoms with Gasteiger partial charge in [-0.05, 0) is 108 Å². The van der Waals surface area contributed by atoms with E-state index in [4.69, 9.17) is 4.42 Å². The highest BCUT2D eigenvalue weighted by atomic mass is 32.1. The van der Waals surface area contributed by atoms with Crippen LogP contribution in [0.25, 0.3) is 112 Å². The fourth-order valence-electron chi connectivity index (χ4n) is 10.3. The Hall–Kier alpha value is -7.96. The van der Waals surface area contributed by atoms with Crippen molar-refractivity contribution in [2.24, 2.45) is 0 Å². The lowest BCUT2D eigenvalue weighted by Crippen LogP contribution is -2.09. The van der Waals surface area contributed by atoms with Crippen LogP contribution in [-0.2, 0) is 0 Å². The summed E-state index contributed by atoms with van der Waals surface area (Å²) < 4.78 is 14.4. The number of rotatable bonds is 6. The van der Waals surface area contributed by atoms with Crippen LogP contribution >= 0.6 is 22.7 Å². The number of fused-ring (bicyclic) bond motifs is 12. The minimum atomic E-state index is 0.875. The van der Waals surface area contributed by atoms with Gasteiger partial charge in [0.2, 0.25) is 0 Å². The molecule has 4 heterocycles. The van der Waals surface area contributed by atoms with Crippen molar-refractivity contribution in [2.45, 2.75) is 0 Å². The van der Waals surface area contributed by atoms with Crippen molar-refractivity contribution in [1.29, 1.82) is 0 Å². The number of hydrogen-bond acceptors (Lipinski definition) is 4. The molecule has 4 aromatic heterocycles. The molecule has 0 unspecified atom stereocenters. The Morgan fingerprint density at radius 3 is 1.66 bits per heavy atom. The lowest BCUT2D eigenvalue weighted by Gasteiger charge is -2.26. The molecular weight excluding hydrogens is 829 g/mol. The lowest BCUT2D eigenvalue weighted by atomic mass is 9.94. The van der Waals surface area contributed by atoms with Gasteiger partial charge in [-0.1, -0.05) is 121 Å². The molecule has 0 amide bonds. The van der Waals surface area contributed by atoms with Crippen molar-refractivity contribution in [3.63, 3.8) is 0 Å². The number of furan rings is 1. The predicted molar refractivity (Wildman–Crippen MR) is 279 cm³/mol. The van der Waals surface area contributed by atoms with E-state index in [0.29, 0.717) is 0 Å². The number of thiophene rings is 2. The zero-order valence-corrected chi connectivity index (χ0v) is 36.5. The first-order chi connectivity index (χ1) is 32.2. The first-order valence-electron chi connectivity index (χ1n) is 22.0. The number of para-hydroxylation sites is 2. The van der Waals surface area contributed by atoms with E-state index in [2.05, 4.69) is 228 Å². The summed E-state index contributed by atoms with van der Waals surface area (Å²) in [5, 5.41) is 9.84. The van der Waals surface area contributed by atoms with E-state index in [1.54, 1.807) is 0 Å². The molecule has 65 heavy (non-hydrogen) atoms. The summed E-state index contributed by atoms with van der Waals surface area (Å²) in [6, 6.07) is 79.7. The van der Waals surface area contributed by atoms with Gasteiger partial charge in [0.15, 0.2) is 0 Å². The van der Waals surface area contributed by atoms with Crippen LogP contribution in [0, 0.1) is 0 Å². The van der Waals surface area contributed by atoms with E-state index >= 15 is 0 Å². The van der Waals surface area contributed by atoms with E-state index in [-0.39, 0.29) is 0 Å². The maximum atomic E-state index is 6.75. The molecule has 3 nitrogen and oxygen atoms in total. The fraction of sp³-hybridized carbons (Fsp3) is 0. The third-order valence-corrected chi connectivity index (χ3v) is 15.5. The normalized spacial score (nSPS) is 12.0. The number of anilines is 3. The van der Waals surface area contributed by atoms with Crippen LogP contribution < -0.4 is 4.90 Å². The molecule has 0 spiro atoms. The summed E-state index contributed by atoms with van der Waals surface area (Å²) in [4.78, 5) is 2.37. The van der Waals surface area contributed by atoms with Crippen LogP contribution in [0.5, 0.6) is 0 Å². The molecule has 5 heteroatoms.